The van der Waals surface area contributed by atoms with E-state index in [9.17, 15) is 0 Å². The van der Waals surface area contributed by atoms with Crippen molar-refractivity contribution in [1.29, 1.82) is 5.41 Å². The second-order valence-corrected chi connectivity index (χ2v) is 2.21. The molecule has 0 aliphatic rings. The van der Waals surface area contributed by atoms with E-state index in [0.717, 1.165) is 13.0 Å². The largest absolute Gasteiger partial charge is 0.355 e. The second kappa shape index (κ2) is 6.39. The lowest BCUT2D eigenvalue weighted by atomic mass is 10.2. The standard InChI is InChI=1S/C7H16N3/c1-3-4-5-6-10-7(8)9-2/h3-6H2,1-2H3,(H2,8,10). The van der Waals surface area contributed by atoms with E-state index < -0.39 is 0 Å². The molecule has 0 aromatic heterocycles. The maximum absolute atomic E-state index is 7.10. The fourth-order valence-corrected chi connectivity index (χ4v) is 0.661. The van der Waals surface area contributed by atoms with Crippen molar-refractivity contribution in [2.75, 3.05) is 13.6 Å². The van der Waals surface area contributed by atoms with Crippen LogP contribution in [-0.2, 0) is 0 Å². The highest BCUT2D eigenvalue weighted by Gasteiger charge is 1.89. The highest BCUT2D eigenvalue weighted by atomic mass is 15.1. The van der Waals surface area contributed by atoms with E-state index in [2.05, 4.69) is 17.6 Å². The molecule has 0 amide bonds. The predicted molar refractivity (Wildman–Crippen MR) is 43.3 cm³/mol. The van der Waals surface area contributed by atoms with Gasteiger partial charge in [-0.05, 0) is 6.42 Å². The molecule has 0 atom stereocenters. The molecular formula is C7H16N3. The Morgan fingerprint density at radius 1 is 1.50 bits per heavy atom. The number of hydrogen-bond donors (Lipinski definition) is 2. The van der Waals surface area contributed by atoms with Gasteiger partial charge in [-0.25, -0.2) is 0 Å². The Morgan fingerprint density at radius 2 is 2.20 bits per heavy atom. The van der Waals surface area contributed by atoms with Crippen LogP contribution in [0.15, 0.2) is 0 Å². The van der Waals surface area contributed by atoms with Gasteiger partial charge in [0.2, 0.25) is 5.96 Å². The zero-order valence-corrected chi connectivity index (χ0v) is 6.78. The Morgan fingerprint density at radius 3 is 2.70 bits per heavy atom. The molecule has 3 heteroatoms. The summed E-state index contributed by atoms with van der Waals surface area (Å²) in [5.41, 5.74) is 0. The summed E-state index contributed by atoms with van der Waals surface area (Å²) < 4.78 is 0. The molecule has 10 heavy (non-hydrogen) atoms. The molecule has 0 unspecified atom stereocenters. The highest BCUT2D eigenvalue weighted by Crippen LogP contribution is 1.90. The van der Waals surface area contributed by atoms with Gasteiger partial charge in [-0.15, -0.1) is 0 Å². The fourth-order valence-electron chi connectivity index (χ4n) is 0.661. The molecule has 0 fully saturated rings. The lowest BCUT2D eigenvalue weighted by molar-refractivity contribution is 0.687. The number of unbranched alkanes of at least 4 members (excludes halogenated alkanes) is 2. The van der Waals surface area contributed by atoms with Gasteiger partial charge in [0.1, 0.15) is 0 Å². The molecule has 0 saturated carbocycles. The summed E-state index contributed by atoms with van der Waals surface area (Å²) in [5, 5.41) is 13.6. The van der Waals surface area contributed by atoms with Gasteiger partial charge < -0.3 is 5.32 Å². The topological polar surface area (TPSA) is 50.0 Å². The lowest BCUT2D eigenvalue weighted by Gasteiger charge is -2.03. The third-order valence-electron chi connectivity index (χ3n) is 1.30. The van der Waals surface area contributed by atoms with Crippen molar-refractivity contribution in [3.05, 3.63) is 0 Å². The zero-order chi connectivity index (χ0) is 7.82. The van der Waals surface area contributed by atoms with Crippen LogP contribution < -0.4 is 10.6 Å². The minimum absolute atomic E-state index is 0.288. The average Bonchev–Trinajstić information content (AvgIpc) is 1.98. The van der Waals surface area contributed by atoms with Crippen molar-refractivity contribution in [3.8, 4) is 0 Å². The third kappa shape index (κ3) is 5.41. The summed E-state index contributed by atoms with van der Waals surface area (Å²) in [6.07, 6.45) is 3.58. The van der Waals surface area contributed by atoms with Crippen LogP contribution in [-0.4, -0.2) is 19.6 Å². The molecule has 0 aliphatic carbocycles. The molecule has 0 aromatic carbocycles. The lowest BCUT2D eigenvalue weighted by Crippen LogP contribution is -2.29. The molecule has 2 N–H and O–H groups in total. The maximum atomic E-state index is 7.10. The first kappa shape index (κ1) is 9.27. The number of rotatable bonds is 4. The SMILES string of the molecule is CCCCCNC(=N)[N]C. The number of nitrogens with zero attached hydrogens (tertiary/aromatic N) is 1. The second-order valence-electron chi connectivity index (χ2n) is 2.21. The molecule has 0 aliphatic heterocycles. The average molecular weight is 142 g/mol. The van der Waals surface area contributed by atoms with Gasteiger partial charge in [-0.3, -0.25) is 10.7 Å². The van der Waals surface area contributed by atoms with Crippen molar-refractivity contribution in [2.24, 2.45) is 0 Å². The summed E-state index contributed by atoms with van der Waals surface area (Å²) in [4.78, 5) is 0. The molecule has 59 valence electrons. The van der Waals surface area contributed by atoms with Gasteiger partial charge in [0.05, 0.1) is 0 Å². The summed E-state index contributed by atoms with van der Waals surface area (Å²) in [6.45, 7) is 3.04. The maximum Gasteiger partial charge on any atom is 0.210 e. The molecule has 0 bridgehead atoms. The van der Waals surface area contributed by atoms with Crippen molar-refractivity contribution in [1.82, 2.24) is 10.6 Å². The van der Waals surface area contributed by atoms with E-state index in [1.807, 2.05) is 0 Å². The van der Waals surface area contributed by atoms with Crippen LogP contribution in [0.1, 0.15) is 26.2 Å². The molecule has 0 spiro atoms. The van der Waals surface area contributed by atoms with E-state index >= 15 is 0 Å². The van der Waals surface area contributed by atoms with Gasteiger partial charge >= 0.3 is 0 Å². The fraction of sp³-hybridized carbons (Fsp3) is 0.857. The molecule has 0 saturated heterocycles. The van der Waals surface area contributed by atoms with Crippen LogP contribution in [0.4, 0.5) is 0 Å². The number of nitrogens with one attached hydrogen (secondary N) is 2. The third-order valence-corrected chi connectivity index (χ3v) is 1.30. The first-order chi connectivity index (χ1) is 4.81. The molecular weight excluding hydrogens is 126 g/mol. The highest BCUT2D eigenvalue weighted by molar-refractivity contribution is 5.75. The van der Waals surface area contributed by atoms with Crippen molar-refractivity contribution >= 4 is 5.96 Å². The first-order valence-corrected chi connectivity index (χ1v) is 3.73. The molecule has 0 rings (SSSR count). The van der Waals surface area contributed by atoms with Gasteiger partial charge in [0.15, 0.2) is 0 Å². The zero-order valence-electron chi connectivity index (χ0n) is 6.78. The summed E-state index contributed by atoms with van der Waals surface area (Å²) in [5.74, 6) is 0.288. The minimum atomic E-state index is 0.288. The summed E-state index contributed by atoms with van der Waals surface area (Å²) in [6, 6.07) is 0. The van der Waals surface area contributed by atoms with Gasteiger partial charge in [0.25, 0.3) is 0 Å². The van der Waals surface area contributed by atoms with Gasteiger partial charge in [-0.1, -0.05) is 19.8 Å². The summed E-state index contributed by atoms with van der Waals surface area (Å²) >= 11 is 0. The van der Waals surface area contributed by atoms with E-state index in [1.54, 1.807) is 7.05 Å². The van der Waals surface area contributed by atoms with Crippen LogP contribution in [0.2, 0.25) is 0 Å². The molecule has 1 radical (unpaired) electrons. The summed E-state index contributed by atoms with van der Waals surface area (Å²) in [7, 11) is 1.62. The smallest absolute Gasteiger partial charge is 0.210 e. The van der Waals surface area contributed by atoms with Crippen LogP contribution >= 0.6 is 0 Å². The van der Waals surface area contributed by atoms with E-state index in [-0.39, 0.29) is 5.96 Å². The normalized spacial score (nSPS) is 9.00. The predicted octanol–water partition coefficient (Wildman–Crippen LogP) is 0.935. The molecule has 0 heterocycles. The minimum Gasteiger partial charge on any atom is -0.355 e. The number of hydrogen-bond acceptors (Lipinski definition) is 1. The number of guanidine groups is 1. The van der Waals surface area contributed by atoms with E-state index in [0.29, 0.717) is 0 Å². The Balaban J connectivity index is 2.96. The van der Waals surface area contributed by atoms with Gasteiger partial charge in [0, 0.05) is 13.6 Å². The van der Waals surface area contributed by atoms with E-state index in [4.69, 9.17) is 5.41 Å². The van der Waals surface area contributed by atoms with Crippen molar-refractivity contribution in [3.63, 3.8) is 0 Å². The van der Waals surface area contributed by atoms with Crippen molar-refractivity contribution in [2.45, 2.75) is 26.2 Å². The Bertz CT molecular complexity index is 90.9. The van der Waals surface area contributed by atoms with Crippen molar-refractivity contribution < 1.29 is 0 Å². The van der Waals surface area contributed by atoms with Crippen LogP contribution in [0.25, 0.3) is 0 Å². The van der Waals surface area contributed by atoms with E-state index in [1.165, 1.54) is 12.8 Å². The Hall–Kier alpha value is -0.730. The Labute approximate surface area is 62.7 Å². The quantitative estimate of drug-likeness (QED) is 0.342. The van der Waals surface area contributed by atoms with Gasteiger partial charge in [-0.2, -0.15) is 0 Å². The van der Waals surface area contributed by atoms with Crippen LogP contribution in [0.3, 0.4) is 0 Å². The molecule has 0 aromatic rings. The molecule has 3 nitrogen and oxygen atoms in total. The Kier molecular flexibility index (Phi) is 5.92. The first-order valence-electron chi connectivity index (χ1n) is 3.73. The monoisotopic (exact) mass is 142 g/mol. The van der Waals surface area contributed by atoms with Crippen LogP contribution in [0.5, 0.6) is 0 Å². The van der Waals surface area contributed by atoms with Crippen LogP contribution in [0, 0.1) is 5.41 Å².